The normalized spacial score (nSPS) is 15.9. The molecule has 0 atom stereocenters. The van der Waals surface area contributed by atoms with E-state index in [9.17, 15) is 17.6 Å². The largest absolute Gasteiger partial charge is 0.346 e. The van der Waals surface area contributed by atoms with Gasteiger partial charge < -0.3 is 5.32 Å². The Kier molecular flexibility index (Phi) is 5.67. The summed E-state index contributed by atoms with van der Waals surface area (Å²) in [6.07, 6.45) is 2.23. The molecule has 1 fully saturated rings. The molecule has 0 bridgehead atoms. The fraction of sp³-hybridized carbons (Fsp3) is 0.316. The molecule has 1 aliphatic rings. The van der Waals surface area contributed by atoms with Gasteiger partial charge in [0.25, 0.3) is 5.91 Å². The molecule has 1 aromatic carbocycles. The zero-order chi connectivity index (χ0) is 21.3. The van der Waals surface area contributed by atoms with Gasteiger partial charge in [0.1, 0.15) is 5.82 Å². The van der Waals surface area contributed by atoms with Gasteiger partial charge in [-0.25, -0.2) is 26.8 Å². The van der Waals surface area contributed by atoms with Crippen molar-refractivity contribution in [2.24, 2.45) is 0 Å². The van der Waals surface area contributed by atoms with Crippen molar-refractivity contribution in [1.29, 1.82) is 0 Å². The lowest BCUT2D eigenvalue weighted by atomic mass is 10.1. The molecule has 1 saturated heterocycles. The average molecular weight is 450 g/mol. The highest BCUT2D eigenvalue weighted by molar-refractivity contribution is 7.88. The van der Waals surface area contributed by atoms with Gasteiger partial charge in [-0.15, -0.1) is 16.4 Å². The van der Waals surface area contributed by atoms with Crippen LogP contribution < -0.4 is 5.32 Å². The molecular weight excluding hydrogens is 429 g/mol. The second kappa shape index (κ2) is 8.25. The Morgan fingerprint density at radius 3 is 2.50 bits per heavy atom. The molecule has 2 aromatic heterocycles. The predicted octanol–water partition coefficient (Wildman–Crippen LogP) is 2.29. The number of carbonyl (C=O) groups is 1. The lowest BCUT2D eigenvalue weighted by Gasteiger charge is -2.30. The van der Waals surface area contributed by atoms with E-state index in [4.69, 9.17) is 0 Å². The molecule has 0 saturated carbocycles. The van der Waals surface area contributed by atoms with E-state index in [1.165, 1.54) is 38.7 Å². The lowest BCUT2D eigenvalue weighted by molar-refractivity contribution is 0.0913. The maximum atomic E-state index is 13.3. The second-order valence-electron chi connectivity index (χ2n) is 7.03. The van der Waals surface area contributed by atoms with Gasteiger partial charge in [-0.05, 0) is 48.6 Å². The predicted molar refractivity (Wildman–Crippen MR) is 112 cm³/mol. The van der Waals surface area contributed by atoms with Crippen LogP contribution in [0.2, 0.25) is 0 Å². The van der Waals surface area contributed by atoms with Crippen LogP contribution in [0.15, 0.2) is 41.8 Å². The summed E-state index contributed by atoms with van der Waals surface area (Å²) in [4.78, 5) is 18.0. The first-order chi connectivity index (χ1) is 14.3. The van der Waals surface area contributed by atoms with Crippen molar-refractivity contribution in [1.82, 2.24) is 24.4 Å². The van der Waals surface area contributed by atoms with Crippen molar-refractivity contribution >= 4 is 27.3 Å². The minimum Gasteiger partial charge on any atom is -0.346 e. The summed E-state index contributed by atoms with van der Waals surface area (Å²) in [6.45, 7) is 0.726. The number of carbonyl (C=O) groups excluding carboxylic acids is 1. The van der Waals surface area contributed by atoms with E-state index in [-0.39, 0.29) is 17.7 Å². The molecule has 11 heteroatoms. The van der Waals surface area contributed by atoms with Gasteiger partial charge in [-0.3, -0.25) is 4.79 Å². The lowest BCUT2D eigenvalue weighted by Crippen LogP contribution is -2.46. The number of sulfonamides is 1. The van der Waals surface area contributed by atoms with Crippen LogP contribution in [0.3, 0.4) is 0 Å². The summed E-state index contributed by atoms with van der Waals surface area (Å²) >= 11 is 1.46. The molecule has 0 radical (unpaired) electrons. The fourth-order valence-corrected chi connectivity index (χ4v) is 4.89. The highest BCUT2D eigenvalue weighted by Gasteiger charge is 2.27. The number of halogens is 1. The van der Waals surface area contributed by atoms with Crippen molar-refractivity contribution in [3.05, 3.63) is 53.4 Å². The maximum Gasteiger partial charge on any atom is 0.291 e. The zero-order valence-corrected chi connectivity index (χ0v) is 17.8. The van der Waals surface area contributed by atoms with E-state index in [1.807, 2.05) is 17.5 Å². The smallest absolute Gasteiger partial charge is 0.291 e. The third kappa shape index (κ3) is 4.42. The topological polar surface area (TPSA) is 97.2 Å². The van der Waals surface area contributed by atoms with E-state index in [0.717, 1.165) is 4.88 Å². The second-order valence-corrected chi connectivity index (χ2v) is 9.96. The summed E-state index contributed by atoms with van der Waals surface area (Å²) in [5.74, 6) is -0.289. The molecule has 8 nitrogen and oxygen atoms in total. The van der Waals surface area contributed by atoms with Crippen LogP contribution >= 0.6 is 11.3 Å². The summed E-state index contributed by atoms with van der Waals surface area (Å²) in [5, 5.41) is 9.15. The number of piperidine rings is 1. The van der Waals surface area contributed by atoms with E-state index in [0.29, 0.717) is 37.4 Å². The van der Waals surface area contributed by atoms with Crippen molar-refractivity contribution in [2.75, 3.05) is 19.3 Å². The number of thiophene rings is 1. The van der Waals surface area contributed by atoms with E-state index in [1.54, 1.807) is 12.1 Å². The highest BCUT2D eigenvalue weighted by Crippen LogP contribution is 2.26. The Hall–Kier alpha value is -2.63. The molecule has 30 heavy (non-hydrogen) atoms. The number of nitrogens with one attached hydrogen (secondary N) is 1. The minimum absolute atomic E-state index is 0.00766. The van der Waals surface area contributed by atoms with Gasteiger partial charge in [0, 0.05) is 19.1 Å². The molecule has 1 amide bonds. The molecule has 4 rings (SSSR count). The van der Waals surface area contributed by atoms with Crippen LogP contribution in [0.4, 0.5) is 4.39 Å². The minimum atomic E-state index is -3.22. The molecule has 0 unspecified atom stereocenters. The zero-order valence-electron chi connectivity index (χ0n) is 16.2. The van der Waals surface area contributed by atoms with Gasteiger partial charge in [-0.2, -0.15) is 0 Å². The van der Waals surface area contributed by atoms with Gasteiger partial charge in [0.2, 0.25) is 15.8 Å². The van der Waals surface area contributed by atoms with Crippen LogP contribution in [0.1, 0.15) is 23.5 Å². The van der Waals surface area contributed by atoms with Crippen LogP contribution in [-0.2, 0) is 10.0 Å². The van der Waals surface area contributed by atoms with Gasteiger partial charge in [-0.1, -0.05) is 6.07 Å². The summed E-state index contributed by atoms with van der Waals surface area (Å²) < 4.78 is 39.5. The first-order valence-corrected chi connectivity index (χ1v) is 12.1. The molecular formula is C19H20FN5O3S2. The van der Waals surface area contributed by atoms with Crippen molar-refractivity contribution in [2.45, 2.75) is 18.9 Å². The van der Waals surface area contributed by atoms with E-state index >= 15 is 0 Å². The van der Waals surface area contributed by atoms with E-state index in [2.05, 4.69) is 15.4 Å². The molecule has 3 aromatic rings. The molecule has 3 heterocycles. The maximum absolute atomic E-state index is 13.3. The first kappa shape index (κ1) is 20.6. The van der Waals surface area contributed by atoms with Crippen LogP contribution in [0.25, 0.3) is 16.4 Å². The Morgan fingerprint density at radius 2 is 1.90 bits per heavy atom. The van der Waals surface area contributed by atoms with Crippen LogP contribution in [-0.4, -0.2) is 58.8 Å². The SMILES string of the molecule is CS(=O)(=O)N1CCC(NC(=O)c2nc(-c3cccs3)n(-c3ccc(F)cc3)n2)CC1. The number of hydrogen-bond donors (Lipinski definition) is 1. The number of hydrogen-bond acceptors (Lipinski definition) is 6. The summed E-state index contributed by atoms with van der Waals surface area (Å²) in [5.41, 5.74) is 0.591. The quantitative estimate of drug-likeness (QED) is 0.645. The Balaban J connectivity index is 1.55. The standard InChI is InChI=1S/C19H20FN5O3S2/c1-30(27,28)24-10-8-14(9-11-24)21-19(26)17-22-18(16-3-2-12-29-16)25(23-17)15-6-4-13(20)5-7-15/h2-7,12,14H,8-11H2,1H3,(H,21,26). The van der Waals surface area contributed by atoms with Gasteiger partial charge in [0.05, 0.1) is 16.8 Å². The Morgan fingerprint density at radius 1 is 1.20 bits per heavy atom. The third-order valence-electron chi connectivity index (χ3n) is 4.88. The van der Waals surface area contributed by atoms with E-state index < -0.39 is 15.9 Å². The number of amides is 1. The highest BCUT2D eigenvalue weighted by atomic mass is 32.2. The van der Waals surface area contributed by atoms with Crippen LogP contribution in [0.5, 0.6) is 0 Å². The first-order valence-electron chi connectivity index (χ1n) is 9.34. The number of aromatic nitrogens is 3. The van der Waals surface area contributed by atoms with Gasteiger partial charge in [0.15, 0.2) is 5.82 Å². The number of rotatable bonds is 5. The summed E-state index contributed by atoms with van der Waals surface area (Å²) in [7, 11) is -3.22. The van der Waals surface area contributed by atoms with Crippen molar-refractivity contribution < 1.29 is 17.6 Å². The summed E-state index contributed by atoms with van der Waals surface area (Å²) in [6, 6.07) is 9.39. The molecule has 1 N–H and O–H groups in total. The van der Waals surface area contributed by atoms with Crippen LogP contribution in [0, 0.1) is 5.82 Å². The number of nitrogens with zero attached hydrogens (tertiary/aromatic N) is 4. The third-order valence-corrected chi connectivity index (χ3v) is 7.05. The van der Waals surface area contributed by atoms with Crippen molar-refractivity contribution in [3.63, 3.8) is 0 Å². The molecule has 1 aliphatic heterocycles. The molecule has 158 valence electrons. The fourth-order valence-electron chi connectivity index (χ4n) is 3.32. The van der Waals surface area contributed by atoms with Gasteiger partial charge >= 0.3 is 0 Å². The monoisotopic (exact) mass is 449 g/mol. The van der Waals surface area contributed by atoms with Crippen molar-refractivity contribution in [3.8, 4) is 16.4 Å². The Bertz CT molecular complexity index is 1140. The molecule has 0 spiro atoms. The average Bonchev–Trinajstić information content (AvgIpc) is 3.38. The Labute approximate surface area is 177 Å². The molecule has 0 aliphatic carbocycles. The number of benzene rings is 1.